The Bertz CT molecular complexity index is 212. The molecule has 0 spiro atoms. The molecule has 0 bridgehead atoms. The van der Waals surface area contributed by atoms with E-state index in [-0.39, 0.29) is 6.61 Å². The summed E-state index contributed by atoms with van der Waals surface area (Å²) in [6, 6.07) is 0. The number of alkyl halides is 2. The van der Waals surface area contributed by atoms with Crippen molar-refractivity contribution in [3.05, 3.63) is 0 Å². The number of halogens is 2. The van der Waals surface area contributed by atoms with Crippen LogP contribution in [0, 0.1) is 0 Å². The molecule has 0 fully saturated rings. The minimum Gasteiger partial charge on any atom is -0.395 e. The van der Waals surface area contributed by atoms with Gasteiger partial charge in [-0.15, -0.1) is 11.8 Å². The summed E-state index contributed by atoms with van der Waals surface area (Å²) in [5, 5.41) is 8.80. The molecule has 0 atom stereocenters. The number of hydrazine groups is 1. The molecule has 0 radical (unpaired) electrons. The average molecular weight is 228 g/mol. The van der Waals surface area contributed by atoms with Crippen LogP contribution in [0.5, 0.6) is 0 Å². The van der Waals surface area contributed by atoms with Crippen LogP contribution in [0.2, 0.25) is 0 Å². The van der Waals surface area contributed by atoms with E-state index in [0.29, 0.717) is 0 Å². The van der Waals surface area contributed by atoms with E-state index < -0.39 is 22.3 Å². The summed E-state index contributed by atoms with van der Waals surface area (Å²) in [6.45, 7) is 2.97. The number of aliphatic hydroxyl groups is 1. The van der Waals surface area contributed by atoms with E-state index in [4.69, 9.17) is 5.11 Å². The van der Waals surface area contributed by atoms with Gasteiger partial charge in [0.05, 0.1) is 12.4 Å². The van der Waals surface area contributed by atoms with Crippen molar-refractivity contribution >= 4 is 17.7 Å². The number of rotatable bonds is 5. The van der Waals surface area contributed by atoms with Crippen molar-refractivity contribution in [2.45, 2.75) is 24.5 Å². The fourth-order valence-electron chi connectivity index (χ4n) is 0.503. The van der Waals surface area contributed by atoms with Crippen LogP contribution in [0.25, 0.3) is 0 Å². The van der Waals surface area contributed by atoms with Gasteiger partial charge in [-0.1, -0.05) is 0 Å². The normalized spacial score (nSPS) is 12.7. The summed E-state index contributed by atoms with van der Waals surface area (Å²) in [5.41, 5.74) is 1.39. The molecule has 0 saturated heterocycles. The first-order valence-corrected chi connectivity index (χ1v) is 4.87. The zero-order valence-corrected chi connectivity index (χ0v) is 8.83. The maximum atomic E-state index is 12.9. The standard InChI is InChI=1S/C7H14F2N2O2S/c1-6(2,3-12)14-4-7(8,9)5(13)11-10/h12H,3-4,10H2,1-2H3,(H,11,13). The fraction of sp³-hybridized carbons (Fsp3) is 0.857. The number of nitrogens with one attached hydrogen (secondary N) is 1. The van der Waals surface area contributed by atoms with Crippen LogP contribution in [0.3, 0.4) is 0 Å². The lowest BCUT2D eigenvalue weighted by molar-refractivity contribution is -0.142. The summed E-state index contributed by atoms with van der Waals surface area (Å²) >= 11 is 0.813. The molecule has 0 unspecified atom stereocenters. The summed E-state index contributed by atoms with van der Waals surface area (Å²) in [5.74, 6) is -1.14. The van der Waals surface area contributed by atoms with Crippen molar-refractivity contribution < 1.29 is 18.7 Å². The highest BCUT2D eigenvalue weighted by Crippen LogP contribution is 2.29. The van der Waals surface area contributed by atoms with Gasteiger partial charge in [0, 0.05) is 4.75 Å². The number of nitrogens with two attached hydrogens (primary N) is 1. The Kier molecular flexibility index (Phi) is 4.76. The molecule has 14 heavy (non-hydrogen) atoms. The van der Waals surface area contributed by atoms with Gasteiger partial charge in [0.15, 0.2) is 0 Å². The highest BCUT2D eigenvalue weighted by Gasteiger charge is 2.39. The molecule has 0 aliphatic heterocycles. The van der Waals surface area contributed by atoms with Crippen molar-refractivity contribution in [3.63, 3.8) is 0 Å². The van der Waals surface area contributed by atoms with Crippen LogP contribution >= 0.6 is 11.8 Å². The Morgan fingerprint density at radius 2 is 2.07 bits per heavy atom. The van der Waals surface area contributed by atoms with Gasteiger partial charge in [-0.2, -0.15) is 8.78 Å². The molecule has 0 aliphatic carbocycles. The number of amides is 1. The topological polar surface area (TPSA) is 75.3 Å². The van der Waals surface area contributed by atoms with Crippen LogP contribution in [-0.2, 0) is 4.79 Å². The SMILES string of the molecule is CC(C)(CO)SCC(F)(F)C(=O)NN. The minimum atomic E-state index is -3.51. The third-order valence-corrected chi connectivity index (χ3v) is 2.91. The predicted octanol–water partition coefficient (Wildman–Crippen LogP) is 0.116. The third kappa shape index (κ3) is 4.21. The van der Waals surface area contributed by atoms with Gasteiger partial charge in [0.2, 0.25) is 0 Å². The molecule has 0 aliphatic rings. The lowest BCUT2D eigenvalue weighted by atomic mass is 10.2. The van der Waals surface area contributed by atoms with Crippen molar-refractivity contribution in [3.8, 4) is 0 Å². The van der Waals surface area contributed by atoms with Gasteiger partial charge in [0.25, 0.3) is 0 Å². The quantitative estimate of drug-likeness (QED) is 0.355. The molecule has 0 aromatic rings. The van der Waals surface area contributed by atoms with Crippen LogP contribution in [0.4, 0.5) is 8.78 Å². The first kappa shape index (κ1) is 13.6. The minimum absolute atomic E-state index is 0.238. The van der Waals surface area contributed by atoms with Crippen LogP contribution in [0.15, 0.2) is 0 Å². The Morgan fingerprint density at radius 3 is 2.43 bits per heavy atom. The molecule has 0 saturated carbocycles. The third-order valence-electron chi connectivity index (χ3n) is 1.49. The Labute approximate surface area is 85.2 Å². The first-order valence-electron chi connectivity index (χ1n) is 3.89. The number of hydrogen-bond acceptors (Lipinski definition) is 4. The van der Waals surface area contributed by atoms with Crippen molar-refractivity contribution in [2.75, 3.05) is 12.4 Å². The molecule has 1 amide bonds. The summed E-state index contributed by atoms with van der Waals surface area (Å²) in [6.07, 6.45) is 0. The molecule has 0 heterocycles. The molecule has 4 N–H and O–H groups in total. The summed E-state index contributed by atoms with van der Waals surface area (Å²) < 4.78 is 25.1. The van der Waals surface area contributed by atoms with Gasteiger partial charge in [-0.05, 0) is 13.8 Å². The highest BCUT2D eigenvalue weighted by molar-refractivity contribution is 8.00. The Morgan fingerprint density at radius 1 is 1.57 bits per heavy atom. The number of hydrogen-bond donors (Lipinski definition) is 3. The molecule has 0 aromatic carbocycles. The van der Waals surface area contributed by atoms with E-state index >= 15 is 0 Å². The molecule has 84 valence electrons. The zero-order chi connectivity index (χ0) is 11.4. The Balaban J connectivity index is 4.18. The largest absolute Gasteiger partial charge is 0.395 e. The number of carbonyl (C=O) groups excluding carboxylic acids is 1. The van der Waals surface area contributed by atoms with Gasteiger partial charge in [-0.25, -0.2) is 5.84 Å². The van der Waals surface area contributed by atoms with Gasteiger partial charge in [-0.3, -0.25) is 10.2 Å². The lowest BCUT2D eigenvalue weighted by Gasteiger charge is -2.23. The van der Waals surface area contributed by atoms with Gasteiger partial charge < -0.3 is 5.11 Å². The predicted molar refractivity (Wildman–Crippen MR) is 50.9 cm³/mol. The van der Waals surface area contributed by atoms with Crippen molar-refractivity contribution in [1.29, 1.82) is 0 Å². The van der Waals surface area contributed by atoms with E-state index in [1.807, 2.05) is 0 Å². The van der Waals surface area contributed by atoms with Crippen LogP contribution in [0.1, 0.15) is 13.8 Å². The van der Waals surface area contributed by atoms with E-state index in [1.54, 1.807) is 13.8 Å². The number of thioether (sulfide) groups is 1. The van der Waals surface area contributed by atoms with Crippen LogP contribution < -0.4 is 11.3 Å². The molecule has 7 heteroatoms. The van der Waals surface area contributed by atoms with E-state index in [1.165, 1.54) is 5.43 Å². The van der Waals surface area contributed by atoms with Gasteiger partial charge >= 0.3 is 11.8 Å². The van der Waals surface area contributed by atoms with Crippen molar-refractivity contribution in [1.82, 2.24) is 5.43 Å². The monoisotopic (exact) mass is 228 g/mol. The second-order valence-corrected chi connectivity index (χ2v) is 5.07. The second kappa shape index (κ2) is 4.90. The molecule has 4 nitrogen and oxygen atoms in total. The average Bonchev–Trinajstić information content (AvgIpc) is 2.14. The van der Waals surface area contributed by atoms with Gasteiger partial charge in [0.1, 0.15) is 0 Å². The Hall–Kier alpha value is -0.400. The zero-order valence-electron chi connectivity index (χ0n) is 8.01. The first-order chi connectivity index (χ1) is 6.25. The molecule has 0 aromatic heterocycles. The molecular formula is C7H14F2N2O2S. The smallest absolute Gasteiger partial charge is 0.334 e. The van der Waals surface area contributed by atoms with E-state index in [9.17, 15) is 13.6 Å². The lowest BCUT2D eigenvalue weighted by Crippen LogP contribution is -2.46. The van der Waals surface area contributed by atoms with Crippen molar-refractivity contribution in [2.24, 2.45) is 5.84 Å². The van der Waals surface area contributed by atoms with E-state index in [0.717, 1.165) is 11.8 Å². The fourth-order valence-corrected chi connectivity index (χ4v) is 1.30. The van der Waals surface area contributed by atoms with Crippen LogP contribution in [-0.4, -0.2) is 34.0 Å². The van der Waals surface area contributed by atoms with E-state index in [2.05, 4.69) is 5.84 Å². The number of aliphatic hydroxyl groups excluding tert-OH is 1. The summed E-state index contributed by atoms with van der Waals surface area (Å²) in [4.78, 5) is 10.6. The molecular weight excluding hydrogens is 214 g/mol. The second-order valence-electron chi connectivity index (χ2n) is 3.38. The maximum absolute atomic E-state index is 12.9. The highest BCUT2D eigenvalue weighted by atomic mass is 32.2. The maximum Gasteiger partial charge on any atom is 0.334 e. The number of carbonyl (C=O) groups is 1. The molecule has 0 rings (SSSR count). The summed E-state index contributed by atoms with van der Waals surface area (Å²) in [7, 11) is 0.